The van der Waals surface area contributed by atoms with Gasteiger partial charge in [-0.3, -0.25) is 19.5 Å². The fraction of sp³-hybridized carbons (Fsp3) is 0.304. The van der Waals surface area contributed by atoms with E-state index in [1.807, 2.05) is 27.7 Å². The predicted molar refractivity (Wildman–Crippen MR) is 120 cm³/mol. The highest BCUT2D eigenvalue weighted by Crippen LogP contribution is 2.32. The Balaban J connectivity index is 2.19. The summed E-state index contributed by atoms with van der Waals surface area (Å²) in [6.45, 7) is 9.19. The molecule has 0 saturated heterocycles. The van der Waals surface area contributed by atoms with Crippen LogP contribution in [0, 0.1) is 19.7 Å². The highest BCUT2D eigenvalue weighted by atomic mass is 32.1. The molecule has 0 spiro atoms. The minimum atomic E-state index is -0.984. The largest absolute Gasteiger partial charge is 0.349 e. The minimum absolute atomic E-state index is 0.352. The molecule has 0 aliphatic rings. The van der Waals surface area contributed by atoms with Crippen LogP contribution in [-0.2, 0) is 4.79 Å². The Bertz CT molecular complexity index is 1080. The van der Waals surface area contributed by atoms with E-state index in [1.165, 1.54) is 40.5 Å². The number of aromatic nitrogens is 2. The molecule has 162 valence electrons. The summed E-state index contributed by atoms with van der Waals surface area (Å²) in [5.74, 6) is -1.16. The van der Waals surface area contributed by atoms with Crippen molar-refractivity contribution in [2.24, 2.45) is 0 Å². The molecule has 2 aromatic heterocycles. The van der Waals surface area contributed by atoms with Crippen LogP contribution in [0.4, 0.5) is 10.1 Å². The number of hydrogen-bond donors (Lipinski definition) is 1. The molecule has 0 bridgehead atoms. The summed E-state index contributed by atoms with van der Waals surface area (Å²) in [6.07, 6.45) is 3.14. The van der Waals surface area contributed by atoms with Gasteiger partial charge in [-0.1, -0.05) is 0 Å². The number of hydrogen-bond acceptors (Lipinski definition) is 5. The second kappa shape index (κ2) is 8.93. The van der Waals surface area contributed by atoms with Crippen molar-refractivity contribution in [3.8, 4) is 0 Å². The maximum absolute atomic E-state index is 13.8. The van der Waals surface area contributed by atoms with Crippen LogP contribution < -0.4 is 10.2 Å². The maximum atomic E-state index is 13.8. The number of halogens is 1. The Labute approximate surface area is 185 Å². The van der Waals surface area contributed by atoms with Gasteiger partial charge in [0.15, 0.2) is 0 Å². The van der Waals surface area contributed by atoms with Crippen LogP contribution in [0.1, 0.15) is 52.7 Å². The van der Waals surface area contributed by atoms with E-state index in [2.05, 4.69) is 15.3 Å². The Morgan fingerprint density at radius 1 is 1.06 bits per heavy atom. The number of anilines is 1. The number of rotatable bonds is 5. The molecular formula is C23H25FN4O2S. The van der Waals surface area contributed by atoms with Crippen molar-refractivity contribution in [2.45, 2.75) is 46.2 Å². The third kappa shape index (κ3) is 5.32. The molecule has 0 fully saturated rings. The average Bonchev–Trinajstić information content (AvgIpc) is 3.03. The molecule has 0 saturated carbocycles. The second-order valence-corrected chi connectivity index (χ2v) is 9.42. The van der Waals surface area contributed by atoms with Crippen molar-refractivity contribution in [1.29, 1.82) is 0 Å². The van der Waals surface area contributed by atoms with Crippen molar-refractivity contribution in [3.63, 3.8) is 0 Å². The fourth-order valence-corrected chi connectivity index (χ4v) is 4.08. The van der Waals surface area contributed by atoms with Crippen LogP contribution >= 0.6 is 11.3 Å². The Morgan fingerprint density at radius 2 is 1.68 bits per heavy atom. The first kappa shape index (κ1) is 22.6. The summed E-state index contributed by atoms with van der Waals surface area (Å²) < 4.78 is 13.6. The van der Waals surface area contributed by atoms with Gasteiger partial charge < -0.3 is 5.32 Å². The fourth-order valence-electron chi connectivity index (χ4n) is 3.23. The lowest BCUT2D eigenvalue weighted by Crippen LogP contribution is -2.49. The second-order valence-electron chi connectivity index (χ2n) is 8.22. The minimum Gasteiger partial charge on any atom is -0.349 e. The quantitative estimate of drug-likeness (QED) is 0.629. The van der Waals surface area contributed by atoms with E-state index in [1.54, 1.807) is 31.5 Å². The van der Waals surface area contributed by atoms with Gasteiger partial charge in [0, 0.05) is 23.6 Å². The van der Waals surface area contributed by atoms with Crippen molar-refractivity contribution in [2.75, 3.05) is 4.90 Å². The van der Waals surface area contributed by atoms with Gasteiger partial charge in [0.05, 0.1) is 10.7 Å². The number of carbonyl (C=O) groups excluding carboxylic acids is 2. The summed E-state index contributed by atoms with van der Waals surface area (Å²) in [7, 11) is 0. The molecule has 2 heterocycles. The molecular weight excluding hydrogens is 415 g/mol. The number of benzene rings is 1. The zero-order valence-electron chi connectivity index (χ0n) is 18.1. The predicted octanol–water partition coefficient (Wildman–Crippen LogP) is 4.60. The number of thiazole rings is 1. The van der Waals surface area contributed by atoms with Gasteiger partial charge in [0.1, 0.15) is 16.7 Å². The lowest BCUT2D eigenvalue weighted by molar-refractivity contribution is -0.123. The Morgan fingerprint density at radius 3 is 2.19 bits per heavy atom. The lowest BCUT2D eigenvalue weighted by atomic mass is 10.0. The van der Waals surface area contributed by atoms with Gasteiger partial charge in [-0.2, -0.15) is 0 Å². The van der Waals surface area contributed by atoms with Crippen molar-refractivity contribution in [1.82, 2.24) is 15.3 Å². The third-order valence-corrected chi connectivity index (χ3v) is 5.51. The van der Waals surface area contributed by atoms with Gasteiger partial charge in [0.2, 0.25) is 5.91 Å². The number of pyridine rings is 1. The molecule has 1 N–H and O–H groups in total. The van der Waals surface area contributed by atoms with Crippen LogP contribution in [0.5, 0.6) is 0 Å². The molecule has 3 rings (SSSR count). The molecule has 0 aliphatic heterocycles. The van der Waals surface area contributed by atoms with E-state index in [4.69, 9.17) is 0 Å². The summed E-state index contributed by atoms with van der Waals surface area (Å²) in [6, 6.07) is 7.94. The highest BCUT2D eigenvalue weighted by Gasteiger charge is 2.36. The molecule has 0 aliphatic carbocycles. The van der Waals surface area contributed by atoms with E-state index in [-0.39, 0.29) is 11.8 Å². The van der Waals surface area contributed by atoms with E-state index >= 15 is 0 Å². The average molecular weight is 441 g/mol. The number of nitrogens with one attached hydrogen (secondary N) is 1. The lowest BCUT2D eigenvalue weighted by Gasteiger charge is -2.33. The number of amides is 2. The molecule has 31 heavy (non-hydrogen) atoms. The van der Waals surface area contributed by atoms with Crippen LogP contribution in [-0.4, -0.2) is 27.3 Å². The van der Waals surface area contributed by atoms with Gasteiger partial charge in [-0.15, -0.1) is 11.3 Å². The zero-order valence-corrected chi connectivity index (χ0v) is 19.0. The molecule has 8 heteroatoms. The Kier molecular flexibility index (Phi) is 6.50. The van der Waals surface area contributed by atoms with E-state index < -0.39 is 17.4 Å². The third-order valence-electron chi connectivity index (χ3n) is 4.45. The van der Waals surface area contributed by atoms with Crippen molar-refractivity contribution < 1.29 is 14.0 Å². The van der Waals surface area contributed by atoms with Gasteiger partial charge in [-0.05, 0) is 76.6 Å². The van der Waals surface area contributed by atoms with Gasteiger partial charge in [0.25, 0.3) is 5.91 Å². The molecule has 1 unspecified atom stereocenters. The zero-order chi connectivity index (χ0) is 22.8. The van der Waals surface area contributed by atoms with Crippen molar-refractivity contribution in [3.05, 3.63) is 75.8 Å². The van der Waals surface area contributed by atoms with Crippen LogP contribution in [0.25, 0.3) is 0 Å². The Hall–Kier alpha value is -3.13. The number of aryl methyl sites for hydroxylation is 2. The maximum Gasteiger partial charge on any atom is 0.271 e. The number of carbonyl (C=O) groups is 2. The molecule has 1 aromatic carbocycles. The molecule has 3 aromatic rings. The summed E-state index contributed by atoms with van der Waals surface area (Å²) in [5.41, 5.74) is 1.07. The smallest absolute Gasteiger partial charge is 0.271 e. The SMILES string of the molecule is Cc1nc(C)c(C(=O)N(c2ccc(F)cc2)C(C(=O)NC(C)(C)C)c2ccncc2)s1. The topological polar surface area (TPSA) is 75.2 Å². The highest BCUT2D eigenvalue weighted by molar-refractivity contribution is 7.13. The normalized spacial score (nSPS) is 12.3. The number of nitrogens with zero attached hydrogens (tertiary/aromatic N) is 3. The van der Waals surface area contributed by atoms with Gasteiger partial charge in [-0.25, -0.2) is 9.37 Å². The molecule has 6 nitrogen and oxygen atoms in total. The van der Waals surface area contributed by atoms with Crippen LogP contribution in [0.15, 0.2) is 48.8 Å². The van der Waals surface area contributed by atoms with Crippen molar-refractivity contribution >= 4 is 28.8 Å². The van der Waals surface area contributed by atoms with E-state index in [0.29, 0.717) is 21.8 Å². The van der Waals surface area contributed by atoms with Crippen LogP contribution in [0.3, 0.4) is 0 Å². The first-order valence-electron chi connectivity index (χ1n) is 9.82. The first-order chi connectivity index (χ1) is 14.6. The van der Waals surface area contributed by atoms with Gasteiger partial charge >= 0.3 is 0 Å². The molecule has 2 amide bonds. The standard InChI is InChI=1S/C23H25FN4O2S/c1-14-20(31-15(2)26-14)22(30)28(18-8-6-17(24)7-9-18)19(16-10-12-25-13-11-16)21(29)27-23(3,4)5/h6-13,19H,1-5H3,(H,27,29). The summed E-state index contributed by atoms with van der Waals surface area (Å²) >= 11 is 1.27. The summed E-state index contributed by atoms with van der Waals surface area (Å²) in [5, 5.41) is 3.72. The first-order valence-corrected chi connectivity index (χ1v) is 10.6. The molecule has 1 atom stereocenters. The van der Waals surface area contributed by atoms with E-state index in [0.717, 1.165) is 5.01 Å². The molecule has 0 radical (unpaired) electrons. The van der Waals surface area contributed by atoms with Crippen LogP contribution in [0.2, 0.25) is 0 Å². The monoisotopic (exact) mass is 440 g/mol. The van der Waals surface area contributed by atoms with E-state index in [9.17, 15) is 14.0 Å². The summed E-state index contributed by atoms with van der Waals surface area (Å²) in [4.78, 5) is 37.4.